The number of nitrogens with zero attached hydrogens (tertiary/aromatic N) is 1. The lowest BCUT2D eigenvalue weighted by molar-refractivity contribution is -0.141. The van der Waals surface area contributed by atoms with Gasteiger partial charge < -0.3 is 10.6 Å². The maximum Gasteiger partial charge on any atom is 0.233 e. The summed E-state index contributed by atoms with van der Waals surface area (Å²) in [5.41, 5.74) is 0. The average molecular weight is 345 g/mol. The van der Waals surface area contributed by atoms with Crippen molar-refractivity contribution in [3.05, 3.63) is 12.2 Å². The Morgan fingerprint density at radius 2 is 1.76 bits per heavy atom. The molecule has 0 aromatic carbocycles. The highest BCUT2D eigenvalue weighted by Gasteiger charge is 2.58. The van der Waals surface area contributed by atoms with E-state index in [2.05, 4.69) is 22.8 Å². The Morgan fingerprint density at radius 3 is 2.40 bits per heavy atom. The Labute approximate surface area is 148 Å². The van der Waals surface area contributed by atoms with Gasteiger partial charge in [0.05, 0.1) is 11.8 Å². The van der Waals surface area contributed by atoms with E-state index in [-0.39, 0.29) is 41.4 Å². The highest BCUT2D eigenvalue weighted by molar-refractivity contribution is 6.06. The van der Waals surface area contributed by atoms with Gasteiger partial charge in [0, 0.05) is 19.5 Å². The van der Waals surface area contributed by atoms with E-state index >= 15 is 0 Å². The standard InChI is InChI=1S/C19H27N3O3/c23-15(4-1-12-5-7-20-8-6-12)21-9-10-22-18(24)16-13-2-3-14(11-13)17(16)19(22)25/h2-3,12-14,16-17,20H,1,4-11H2,(H,21,23). The number of piperidine rings is 1. The van der Waals surface area contributed by atoms with Crippen LogP contribution in [0.5, 0.6) is 0 Å². The molecule has 2 heterocycles. The Balaban J connectivity index is 1.21. The maximum atomic E-state index is 12.5. The molecule has 0 aromatic heterocycles. The van der Waals surface area contributed by atoms with E-state index < -0.39 is 0 Å². The van der Waals surface area contributed by atoms with Crippen molar-refractivity contribution in [1.29, 1.82) is 0 Å². The summed E-state index contributed by atoms with van der Waals surface area (Å²) in [6, 6.07) is 0. The molecule has 3 amide bonds. The molecule has 3 fully saturated rings. The van der Waals surface area contributed by atoms with Crippen LogP contribution < -0.4 is 10.6 Å². The van der Waals surface area contributed by atoms with Crippen LogP contribution in [0.2, 0.25) is 0 Å². The lowest BCUT2D eigenvalue weighted by Crippen LogP contribution is -2.39. The van der Waals surface area contributed by atoms with Crippen LogP contribution >= 0.6 is 0 Å². The number of hydrogen-bond acceptors (Lipinski definition) is 4. The van der Waals surface area contributed by atoms with Crippen molar-refractivity contribution in [1.82, 2.24) is 15.5 Å². The fourth-order valence-electron chi connectivity index (χ4n) is 5.09. The van der Waals surface area contributed by atoms with Crippen molar-refractivity contribution in [2.24, 2.45) is 29.6 Å². The summed E-state index contributed by atoms with van der Waals surface area (Å²) < 4.78 is 0. The minimum Gasteiger partial charge on any atom is -0.354 e. The summed E-state index contributed by atoms with van der Waals surface area (Å²) in [5, 5.41) is 6.21. The SMILES string of the molecule is O=C(CCC1CCNCC1)NCCN1C(=O)C2C3C=CC(C3)C2C1=O. The Bertz CT molecular complexity index is 567. The van der Waals surface area contributed by atoms with E-state index in [4.69, 9.17) is 0 Å². The number of imide groups is 1. The van der Waals surface area contributed by atoms with Gasteiger partial charge in [-0.1, -0.05) is 12.2 Å². The van der Waals surface area contributed by atoms with Gasteiger partial charge in [-0.3, -0.25) is 19.3 Å². The third kappa shape index (κ3) is 3.12. The minimum atomic E-state index is -0.141. The van der Waals surface area contributed by atoms with Crippen molar-refractivity contribution < 1.29 is 14.4 Å². The van der Waals surface area contributed by atoms with Gasteiger partial charge in [0.25, 0.3) is 0 Å². The molecule has 4 unspecified atom stereocenters. The molecule has 0 aromatic rings. The summed E-state index contributed by atoms with van der Waals surface area (Å²) >= 11 is 0. The summed E-state index contributed by atoms with van der Waals surface area (Å²) in [7, 11) is 0. The molecule has 1 saturated carbocycles. The smallest absolute Gasteiger partial charge is 0.233 e. The summed E-state index contributed by atoms with van der Waals surface area (Å²) in [4.78, 5) is 38.5. The van der Waals surface area contributed by atoms with E-state index in [1.54, 1.807) is 0 Å². The van der Waals surface area contributed by atoms with Gasteiger partial charge in [0.2, 0.25) is 17.7 Å². The largest absolute Gasteiger partial charge is 0.354 e. The minimum absolute atomic E-state index is 0.0274. The molecular weight excluding hydrogens is 318 g/mol. The fraction of sp³-hybridized carbons (Fsp3) is 0.737. The molecule has 0 spiro atoms. The monoisotopic (exact) mass is 345 g/mol. The van der Waals surface area contributed by atoms with E-state index in [0.29, 0.717) is 25.4 Å². The third-order valence-electron chi connectivity index (χ3n) is 6.46. The predicted octanol–water partition coefficient (Wildman–Crippen LogP) is 0.690. The third-order valence-corrected chi connectivity index (χ3v) is 6.46. The Kier molecular flexibility index (Phi) is 4.63. The molecule has 2 saturated heterocycles. The van der Waals surface area contributed by atoms with Gasteiger partial charge in [-0.25, -0.2) is 0 Å². The van der Waals surface area contributed by atoms with Crippen LogP contribution in [-0.4, -0.2) is 48.8 Å². The van der Waals surface area contributed by atoms with Crippen LogP contribution in [-0.2, 0) is 14.4 Å². The van der Waals surface area contributed by atoms with Gasteiger partial charge >= 0.3 is 0 Å². The second kappa shape index (κ2) is 6.90. The zero-order chi connectivity index (χ0) is 17.4. The second-order valence-corrected chi connectivity index (χ2v) is 7.91. The highest BCUT2D eigenvalue weighted by Crippen LogP contribution is 2.52. The molecule has 4 rings (SSSR count). The van der Waals surface area contributed by atoms with Gasteiger partial charge in [0.15, 0.2) is 0 Å². The van der Waals surface area contributed by atoms with Crippen LogP contribution in [0.25, 0.3) is 0 Å². The number of carbonyl (C=O) groups excluding carboxylic acids is 3. The van der Waals surface area contributed by atoms with E-state index in [9.17, 15) is 14.4 Å². The number of nitrogens with one attached hydrogen (secondary N) is 2. The molecule has 6 nitrogen and oxygen atoms in total. The zero-order valence-corrected chi connectivity index (χ0v) is 14.6. The molecule has 0 radical (unpaired) electrons. The number of likely N-dealkylation sites (tertiary alicyclic amines) is 1. The van der Waals surface area contributed by atoms with Crippen molar-refractivity contribution in [3.63, 3.8) is 0 Å². The summed E-state index contributed by atoms with van der Waals surface area (Å²) in [5.74, 6) is 0.811. The second-order valence-electron chi connectivity index (χ2n) is 7.91. The number of amides is 3. The predicted molar refractivity (Wildman–Crippen MR) is 92.3 cm³/mol. The maximum absolute atomic E-state index is 12.5. The first-order chi connectivity index (χ1) is 12.1. The van der Waals surface area contributed by atoms with E-state index in [1.165, 1.54) is 4.90 Å². The van der Waals surface area contributed by atoms with Crippen LogP contribution in [0.4, 0.5) is 0 Å². The molecular formula is C19H27N3O3. The van der Waals surface area contributed by atoms with Gasteiger partial charge in [-0.2, -0.15) is 0 Å². The Morgan fingerprint density at radius 1 is 1.12 bits per heavy atom. The molecule has 2 aliphatic carbocycles. The van der Waals surface area contributed by atoms with E-state index in [1.807, 2.05) is 0 Å². The van der Waals surface area contributed by atoms with E-state index in [0.717, 1.165) is 38.8 Å². The Hall–Kier alpha value is -1.69. The topological polar surface area (TPSA) is 78.5 Å². The summed E-state index contributed by atoms with van der Waals surface area (Å²) in [6.07, 6.45) is 8.90. The molecule has 2 N–H and O–H groups in total. The quantitative estimate of drug-likeness (QED) is 0.548. The molecule has 4 aliphatic rings. The van der Waals surface area contributed by atoms with Crippen molar-refractivity contribution >= 4 is 17.7 Å². The zero-order valence-electron chi connectivity index (χ0n) is 14.6. The van der Waals surface area contributed by atoms with Gasteiger partial charge in [-0.15, -0.1) is 0 Å². The van der Waals surface area contributed by atoms with Gasteiger partial charge in [0.1, 0.15) is 0 Å². The molecule has 25 heavy (non-hydrogen) atoms. The molecule has 2 bridgehead atoms. The summed E-state index contributed by atoms with van der Waals surface area (Å²) in [6.45, 7) is 2.77. The fourth-order valence-corrected chi connectivity index (χ4v) is 5.09. The van der Waals surface area contributed by atoms with Crippen LogP contribution in [0, 0.1) is 29.6 Å². The first kappa shape index (κ1) is 16.8. The average Bonchev–Trinajstić information content (AvgIpc) is 3.30. The normalized spacial score (nSPS) is 34.0. The van der Waals surface area contributed by atoms with Gasteiger partial charge in [-0.05, 0) is 56.5 Å². The highest BCUT2D eigenvalue weighted by atomic mass is 16.2. The molecule has 4 atom stereocenters. The number of rotatable bonds is 6. The van der Waals surface area contributed by atoms with Crippen LogP contribution in [0.1, 0.15) is 32.1 Å². The van der Waals surface area contributed by atoms with Crippen LogP contribution in [0.15, 0.2) is 12.2 Å². The number of fused-ring (bicyclic) bond motifs is 5. The van der Waals surface area contributed by atoms with Crippen molar-refractivity contribution in [3.8, 4) is 0 Å². The lowest BCUT2D eigenvalue weighted by Gasteiger charge is -2.22. The number of allylic oxidation sites excluding steroid dienone is 2. The lowest BCUT2D eigenvalue weighted by atomic mass is 9.85. The molecule has 136 valence electrons. The molecule has 6 heteroatoms. The van der Waals surface area contributed by atoms with Crippen molar-refractivity contribution in [2.45, 2.75) is 32.1 Å². The van der Waals surface area contributed by atoms with Crippen LogP contribution in [0.3, 0.4) is 0 Å². The molecule has 2 aliphatic heterocycles. The number of hydrogen-bond donors (Lipinski definition) is 2. The first-order valence-electron chi connectivity index (χ1n) is 9.66. The van der Waals surface area contributed by atoms with Crippen molar-refractivity contribution in [2.75, 3.05) is 26.2 Å². The number of carbonyl (C=O) groups is 3. The first-order valence-corrected chi connectivity index (χ1v) is 9.66.